The summed E-state index contributed by atoms with van der Waals surface area (Å²) in [6.45, 7) is 7.49. The van der Waals surface area contributed by atoms with E-state index in [4.69, 9.17) is 10.5 Å². The van der Waals surface area contributed by atoms with Crippen molar-refractivity contribution >= 4 is 0 Å². The number of rotatable bonds is 2. The minimum Gasteiger partial charge on any atom is -0.375 e. The van der Waals surface area contributed by atoms with Gasteiger partial charge in [-0.3, -0.25) is 0 Å². The predicted molar refractivity (Wildman–Crippen MR) is 51.0 cm³/mol. The molecule has 0 aromatic rings. The molecule has 12 heavy (non-hydrogen) atoms. The first kappa shape index (κ1) is 10.0. The summed E-state index contributed by atoms with van der Waals surface area (Å²) in [4.78, 5) is 0. The zero-order chi connectivity index (χ0) is 9.19. The summed E-state index contributed by atoms with van der Waals surface area (Å²) in [6.07, 6.45) is 3.17. The van der Waals surface area contributed by atoms with E-state index in [2.05, 4.69) is 20.8 Å². The van der Waals surface area contributed by atoms with Crippen LogP contribution in [-0.2, 0) is 4.74 Å². The van der Waals surface area contributed by atoms with Gasteiger partial charge in [-0.15, -0.1) is 0 Å². The molecule has 0 bridgehead atoms. The van der Waals surface area contributed by atoms with E-state index in [-0.39, 0.29) is 5.60 Å². The molecule has 72 valence electrons. The van der Waals surface area contributed by atoms with Crippen molar-refractivity contribution in [1.29, 1.82) is 0 Å². The van der Waals surface area contributed by atoms with Crippen LogP contribution in [0.2, 0.25) is 0 Å². The van der Waals surface area contributed by atoms with E-state index in [0.717, 1.165) is 25.9 Å². The zero-order valence-corrected chi connectivity index (χ0v) is 8.47. The number of ether oxygens (including phenoxy) is 1. The second-order valence-corrected chi connectivity index (χ2v) is 4.65. The zero-order valence-electron chi connectivity index (χ0n) is 8.47. The summed E-state index contributed by atoms with van der Waals surface area (Å²) < 4.78 is 5.77. The van der Waals surface area contributed by atoms with Crippen LogP contribution in [0.1, 0.15) is 40.0 Å². The monoisotopic (exact) mass is 171 g/mol. The highest BCUT2D eigenvalue weighted by atomic mass is 16.5. The molecule has 2 nitrogen and oxygen atoms in total. The Balaban J connectivity index is 2.45. The predicted octanol–water partition coefficient (Wildman–Crippen LogP) is 1.93. The van der Waals surface area contributed by atoms with Crippen LogP contribution in [0.3, 0.4) is 0 Å². The molecule has 0 amide bonds. The summed E-state index contributed by atoms with van der Waals surface area (Å²) in [5.74, 6) is 0.695. The second kappa shape index (κ2) is 3.75. The third-order valence-electron chi connectivity index (χ3n) is 2.47. The van der Waals surface area contributed by atoms with Gasteiger partial charge >= 0.3 is 0 Å². The van der Waals surface area contributed by atoms with Crippen LogP contribution in [0.5, 0.6) is 0 Å². The third kappa shape index (κ3) is 2.76. The molecule has 2 atom stereocenters. The van der Waals surface area contributed by atoms with Gasteiger partial charge in [0.2, 0.25) is 0 Å². The number of nitrogens with two attached hydrogens (primary N) is 1. The number of hydrogen-bond donors (Lipinski definition) is 1. The molecule has 1 heterocycles. The van der Waals surface area contributed by atoms with E-state index in [0.29, 0.717) is 12.0 Å². The standard InChI is InChI=1S/C10H21NO/c1-8(2)6-10(3)7-9(11)4-5-12-10/h8-9H,4-7,11H2,1-3H3. The maximum absolute atomic E-state index is 5.91. The maximum Gasteiger partial charge on any atom is 0.0671 e. The van der Waals surface area contributed by atoms with Crippen LogP contribution in [0.25, 0.3) is 0 Å². The third-order valence-corrected chi connectivity index (χ3v) is 2.47. The van der Waals surface area contributed by atoms with Crippen LogP contribution in [-0.4, -0.2) is 18.2 Å². The summed E-state index contributed by atoms with van der Waals surface area (Å²) >= 11 is 0. The number of hydrogen-bond acceptors (Lipinski definition) is 2. The molecule has 2 heteroatoms. The first-order valence-electron chi connectivity index (χ1n) is 4.91. The van der Waals surface area contributed by atoms with Crippen LogP contribution in [0.15, 0.2) is 0 Å². The van der Waals surface area contributed by atoms with Crippen LogP contribution >= 0.6 is 0 Å². The SMILES string of the molecule is CC(C)CC1(C)CC(N)CCO1. The van der Waals surface area contributed by atoms with Crippen molar-refractivity contribution in [3.05, 3.63) is 0 Å². The highest BCUT2D eigenvalue weighted by molar-refractivity contribution is 4.85. The fraction of sp³-hybridized carbons (Fsp3) is 1.00. The van der Waals surface area contributed by atoms with Gasteiger partial charge in [0.15, 0.2) is 0 Å². The summed E-state index contributed by atoms with van der Waals surface area (Å²) in [7, 11) is 0. The lowest BCUT2D eigenvalue weighted by atomic mass is 9.85. The van der Waals surface area contributed by atoms with Crippen molar-refractivity contribution in [3.8, 4) is 0 Å². The van der Waals surface area contributed by atoms with E-state index in [1.807, 2.05) is 0 Å². The van der Waals surface area contributed by atoms with Crippen molar-refractivity contribution in [1.82, 2.24) is 0 Å². The fourth-order valence-electron chi connectivity index (χ4n) is 2.18. The Bertz CT molecular complexity index is 143. The normalized spacial score (nSPS) is 37.2. The molecular weight excluding hydrogens is 150 g/mol. The van der Waals surface area contributed by atoms with E-state index < -0.39 is 0 Å². The van der Waals surface area contributed by atoms with E-state index in [1.54, 1.807) is 0 Å². The van der Waals surface area contributed by atoms with Gasteiger partial charge in [0, 0.05) is 12.6 Å². The van der Waals surface area contributed by atoms with E-state index in [1.165, 1.54) is 0 Å². The Morgan fingerprint density at radius 3 is 2.75 bits per heavy atom. The van der Waals surface area contributed by atoms with E-state index >= 15 is 0 Å². The molecule has 2 unspecified atom stereocenters. The Morgan fingerprint density at radius 1 is 1.58 bits per heavy atom. The van der Waals surface area contributed by atoms with Gasteiger partial charge in [-0.25, -0.2) is 0 Å². The van der Waals surface area contributed by atoms with Gasteiger partial charge in [0.25, 0.3) is 0 Å². The molecule has 2 N–H and O–H groups in total. The molecule has 0 aromatic carbocycles. The average Bonchev–Trinajstić information content (AvgIpc) is 1.82. The second-order valence-electron chi connectivity index (χ2n) is 4.65. The van der Waals surface area contributed by atoms with Gasteiger partial charge in [-0.2, -0.15) is 0 Å². The van der Waals surface area contributed by atoms with Crippen molar-refractivity contribution in [2.45, 2.75) is 51.7 Å². The Kier molecular flexibility index (Phi) is 3.13. The molecule has 0 aliphatic carbocycles. The maximum atomic E-state index is 5.91. The molecule has 0 saturated carbocycles. The lowest BCUT2D eigenvalue weighted by molar-refractivity contribution is -0.0827. The molecular formula is C10H21NO. The average molecular weight is 171 g/mol. The molecule has 1 aliphatic rings. The Hall–Kier alpha value is -0.0800. The van der Waals surface area contributed by atoms with E-state index in [9.17, 15) is 0 Å². The minimum atomic E-state index is 0.0475. The highest BCUT2D eigenvalue weighted by Crippen LogP contribution is 2.29. The smallest absolute Gasteiger partial charge is 0.0671 e. The van der Waals surface area contributed by atoms with Crippen molar-refractivity contribution < 1.29 is 4.74 Å². The Morgan fingerprint density at radius 2 is 2.25 bits per heavy atom. The first-order valence-corrected chi connectivity index (χ1v) is 4.91. The quantitative estimate of drug-likeness (QED) is 0.689. The molecule has 1 rings (SSSR count). The van der Waals surface area contributed by atoms with Crippen LogP contribution < -0.4 is 5.73 Å². The lowest BCUT2D eigenvalue weighted by Gasteiger charge is -2.38. The topological polar surface area (TPSA) is 35.2 Å². The lowest BCUT2D eigenvalue weighted by Crippen LogP contribution is -2.43. The van der Waals surface area contributed by atoms with Gasteiger partial charge in [-0.1, -0.05) is 13.8 Å². The van der Waals surface area contributed by atoms with Crippen molar-refractivity contribution in [3.63, 3.8) is 0 Å². The molecule has 0 radical (unpaired) electrons. The highest BCUT2D eigenvalue weighted by Gasteiger charge is 2.31. The summed E-state index contributed by atoms with van der Waals surface area (Å²) in [5.41, 5.74) is 5.95. The van der Waals surface area contributed by atoms with Crippen LogP contribution in [0, 0.1) is 5.92 Å². The summed E-state index contributed by atoms with van der Waals surface area (Å²) in [5, 5.41) is 0. The van der Waals surface area contributed by atoms with Crippen LogP contribution in [0.4, 0.5) is 0 Å². The Labute approximate surface area is 75.5 Å². The largest absolute Gasteiger partial charge is 0.375 e. The van der Waals surface area contributed by atoms with Gasteiger partial charge in [-0.05, 0) is 32.1 Å². The minimum absolute atomic E-state index is 0.0475. The van der Waals surface area contributed by atoms with Gasteiger partial charge in [0.05, 0.1) is 5.60 Å². The van der Waals surface area contributed by atoms with Gasteiger partial charge in [0.1, 0.15) is 0 Å². The molecule has 1 fully saturated rings. The summed E-state index contributed by atoms with van der Waals surface area (Å²) in [6, 6.07) is 0.350. The molecule has 0 aromatic heterocycles. The fourth-order valence-corrected chi connectivity index (χ4v) is 2.18. The molecule has 1 aliphatic heterocycles. The first-order chi connectivity index (χ1) is 5.52. The van der Waals surface area contributed by atoms with Crippen molar-refractivity contribution in [2.24, 2.45) is 11.7 Å². The van der Waals surface area contributed by atoms with Crippen molar-refractivity contribution in [2.75, 3.05) is 6.61 Å². The molecule has 1 saturated heterocycles. The van der Waals surface area contributed by atoms with Gasteiger partial charge < -0.3 is 10.5 Å². The molecule has 0 spiro atoms.